The topological polar surface area (TPSA) is 85.2 Å². The molecule has 3 rings (SSSR count). The number of halogens is 1. The van der Waals surface area contributed by atoms with Crippen LogP contribution in [0.25, 0.3) is 11.3 Å². The highest BCUT2D eigenvalue weighted by Crippen LogP contribution is 2.32. The zero-order valence-corrected chi connectivity index (χ0v) is 12.9. The Labute approximate surface area is 138 Å². The molecule has 116 valence electrons. The zero-order valence-electron chi connectivity index (χ0n) is 12.2. The van der Waals surface area contributed by atoms with Crippen LogP contribution in [0.1, 0.15) is 0 Å². The van der Waals surface area contributed by atoms with Gasteiger partial charge >= 0.3 is 0 Å². The second-order valence-electron chi connectivity index (χ2n) is 5.06. The Morgan fingerprint density at radius 2 is 2.09 bits per heavy atom. The van der Waals surface area contributed by atoms with E-state index in [9.17, 15) is 4.79 Å². The molecular formula is C17H15ClN4O. The van der Waals surface area contributed by atoms with E-state index < -0.39 is 12.1 Å². The number of hydrogen-bond donors (Lipinski definition) is 2. The molecule has 1 aromatic carbocycles. The molecule has 1 amide bonds. The lowest BCUT2D eigenvalue weighted by atomic mass is 10.1. The number of primary amides is 1. The average Bonchev–Trinajstić information content (AvgIpc) is 2.56. The normalized spacial score (nSPS) is 17.0. The number of anilines is 1. The monoisotopic (exact) mass is 326 g/mol. The minimum atomic E-state index is -0.643. The lowest BCUT2D eigenvalue weighted by Gasteiger charge is -2.31. The molecule has 6 heteroatoms. The number of rotatable bonds is 3. The summed E-state index contributed by atoms with van der Waals surface area (Å²) in [7, 11) is 0. The second kappa shape index (κ2) is 6.24. The SMILES string of the molecule is NC(=O)C1=CC=CN(c2ccc(Cl)c(-c3ccccn3)c2)C1N. The van der Waals surface area contributed by atoms with Crippen LogP contribution in [0, 0.1) is 0 Å². The van der Waals surface area contributed by atoms with E-state index in [-0.39, 0.29) is 0 Å². The number of allylic oxidation sites excluding steroid dienone is 2. The Bertz CT molecular complexity index is 801. The number of amides is 1. The van der Waals surface area contributed by atoms with Crippen molar-refractivity contribution in [2.75, 3.05) is 4.90 Å². The van der Waals surface area contributed by atoms with Crippen LogP contribution in [0.15, 0.2) is 66.5 Å². The molecule has 0 radical (unpaired) electrons. The highest BCUT2D eigenvalue weighted by atomic mass is 35.5. The van der Waals surface area contributed by atoms with Crippen LogP contribution in [0.3, 0.4) is 0 Å². The van der Waals surface area contributed by atoms with Gasteiger partial charge in [0.1, 0.15) is 6.17 Å². The number of pyridine rings is 1. The number of aromatic nitrogens is 1. The lowest BCUT2D eigenvalue weighted by molar-refractivity contribution is -0.114. The fourth-order valence-corrected chi connectivity index (χ4v) is 2.66. The fraction of sp³-hybridized carbons (Fsp3) is 0.0588. The maximum absolute atomic E-state index is 11.5. The van der Waals surface area contributed by atoms with E-state index >= 15 is 0 Å². The van der Waals surface area contributed by atoms with E-state index in [1.54, 1.807) is 35.5 Å². The minimum Gasteiger partial charge on any atom is -0.366 e. The highest BCUT2D eigenvalue weighted by Gasteiger charge is 2.23. The van der Waals surface area contributed by atoms with Crippen LogP contribution >= 0.6 is 11.6 Å². The Hall–Kier alpha value is -2.63. The third-order valence-electron chi connectivity index (χ3n) is 3.61. The molecule has 1 aliphatic rings. The zero-order chi connectivity index (χ0) is 16.4. The van der Waals surface area contributed by atoms with E-state index in [0.717, 1.165) is 16.9 Å². The molecule has 1 aliphatic heterocycles. The van der Waals surface area contributed by atoms with E-state index in [1.165, 1.54) is 0 Å². The molecule has 0 saturated carbocycles. The van der Waals surface area contributed by atoms with Gasteiger partial charge in [-0.05, 0) is 42.5 Å². The summed E-state index contributed by atoms with van der Waals surface area (Å²) in [6.07, 6.45) is 6.22. The van der Waals surface area contributed by atoms with Crippen molar-refractivity contribution in [3.8, 4) is 11.3 Å². The van der Waals surface area contributed by atoms with E-state index in [0.29, 0.717) is 10.6 Å². The first-order valence-corrected chi connectivity index (χ1v) is 7.39. The predicted molar refractivity (Wildman–Crippen MR) is 91.6 cm³/mol. The molecule has 0 saturated heterocycles. The fourth-order valence-electron chi connectivity index (χ4n) is 2.45. The van der Waals surface area contributed by atoms with E-state index in [4.69, 9.17) is 23.1 Å². The van der Waals surface area contributed by atoms with Crippen molar-refractivity contribution in [1.82, 2.24) is 4.98 Å². The van der Waals surface area contributed by atoms with Gasteiger partial charge in [0.15, 0.2) is 0 Å². The summed E-state index contributed by atoms with van der Waals surface area (Å²) in [6, 6.07) is 11.1. The summed E-state index contributed by atoms with van der Waals surface area (Å²) in [5, 5.41) is 0.590. The van der Waals surface area contributed by atoms with Gasteiger partial charge in [0.2, 0.25) is 5.91 Å². The molecule has 1 unspecified atom stereocenters. The largest absolute Gasteiger partial charge is 0.366 e. The highest BCUT2D eigenvalue weighted by molar-refractivity contribution is 6.33. The Balaban J connectivity index is 2.01. The smallest absolute Gasteiger partial charge is 0.248 e. The van der Waals surface area contributed by atoms with Crippen molar-refractivity contribution in [2.24, 2.45) is 11.5 Å². The van der Waals surface area contributed by atoms with Crippen molar-refractivity contribution in [1.29, 1.82) is 0 Å². The van der Waals surface area contributed by atoms with Crippen LogP contribution in [-0.4, -0.2) is 17.1 Å². The van der Waals surface area contributed by atoms with Gasteiger partial charge in [0.25, 0.3) is 0 Å². The molecule has 0 aliphatic carbocycles. The van der Waals surface area contributed by atoms with Gasteiger partial charge in [-0.1, -0.05) is 17.7 Å². The standard InChI is InChI=1S/C17H15ClN4O/c18-14-7-6-11(10-13(14)15-5-1-2-8-21-15)22-9-3-4-12(16(22)19)17(20)23/h1-10,16H,19H2,(H2,20,23). The summed E-state index contributed by atoms with van der Waals surface area (Å²) in [4.78, 5) is 17.6. The molecule has 0 spiro atoms. The number of nitrogens with zero attached hydrogens (tertiary/aromatic N) is 2. The van der Waals surface area contributed by atoms with Crippen LogP contribution in [0.5, 0.6) is 0 Å². The number of nitrogens with two attached hydrogens (primary N) is 2. The first-order chi connectivity index (χ1) is 11.1. The Kier molecular flexibility index (Phi) is 4.14. The summed E-state index contributed by atoms with van der Waals surface area (Å²) >= 11 is 6.29. The van der Waals surface area contributed by atoms with Gasteiger partial charge in [-0.3, -0.25) is 9.78 Å². The summed E-state index contributed by atoms with van der Waals surface area (Å²) in [5.74, 6) is -0.536. The van der Waals surface area contributed by atoms with Crippen LogP contribution in [0.4, 0.5) is 5.69 Å². The van der Waals surface area contributed by atoms with E-state index in [2.05, 4.69) is 4.98 Å². The quantitative estimate of drug-likeness (QED) is 0.907. The summed E-state index contributed by atoms with van der Waals surface area (Å²) < 4.78 is 0. The molecule has 23 heavy (non-hydrogen) atoms. The number of carbonyl (C=O) groups is 1. The average molecular weight is 327 g/mol. The third kappa shape index (κ3) is 2.97. The molecule has 0 fully saturated rings. The first-order valence-electron chi connectivity index (χ1n) is 7.01. The third-order valence-corrected chi connectivity index (χ3v) is 3.94. The predicted octanol–water partition coefficient (Wildman–Crippen LogP) is 2.43. The van der Waals surface area contributed by atoms with E-state index in [1.807, 2.05) is 30.3 Å². The Morgan fingerprint density at radius 1 is 1.26 bits per heavy atom. The van der Waals surface area contributed by atoms with Gasteiger partial charge in [-0.15, -0.1) is 0 Å². The van der Waals surface area contributed by atoms with Crippen LogP contribution in [-0.2, 0) is 4.79 Å². The van der Waals surface area contributed by atoms with Crippen LogP contribution in [0.2, 0.25) is 5.02 Å². The second-order valence-corrected chi connectivity index (χ2v) is 5.47. The van der Waals surface area contributed by atoms with Crippen molar-refractivity contribution in [3.63, 3.8) is 0 Å². The van der Waals surface area contributed by atoms with Gasteiger partial charge < -0.3 is 16.4 Å². The molecular weight excluding hydrogens is 312 g/mol. The number of hydrogen-bond acceptors (Lipinski definition) is 4. The molecule has 1 atom stereocenters. The van der Waals surface area contributed by atoms with Crippen molar-refractivity contribution in [3.05, 3.63) is 71.5 Å². The molecule has 4 N–H and O–H groups in total. The van der Waals surface area contributed by atoms with Crippen LogP contribution < -0.4 is 16.4 Å². The number of carbonyl (C=O) groups excluding carboxylic acids is 1. The Morgan fingerprint density at radius 3 is 2.78 bits per heavy atom. The molecule has 1 aromatic heterocycles. The molecule has 5 nitrogen and oxygen atoms in total. The lowest BCUT2D eigenvalue weighted by Crippen LogP contribution is -2.45. The minimum absolute atomic E-state index is 0.349. The van der Waals surface area contributed by atoms with Crippen molar-refractivity contribution >= 4 is 23.2 Å². The van der Waals surface area contributed by atoms with Gasteiger partial charge in [-0.25, -0.2) is 0 Å². The maximum Gasteiger partial charge on any atom is 0.248 e. The summed E-state index contributed by atoms with van der Waals surface area (Å²) in [5.41, 5.74) is 14.2. The molecule has 2 heterocycles. The maximum atomic E-state index is 11.5. The molecule has 0 bridgehead atoms. The molecule has 2 aromatic rings. The van der Waals surface area contributed by atoms with Crippen molar-refractivity contribution < 1.29 is 4.79 Å². The first kappa shape index (κ1) is 15.3. The van der Waals surface area contributed by atoms with Gasteiger partial charge in [-0.2, -0.15) is 0 Å². The van der Waals surface area contributed by atoms with Crippen molar-refractivity contribution in [2.45, 2.75) is 6.17 Å². The summed E-state index contributed by atoms with van der Waals surface area (Å²) in [6.45, 7) is 0. The van der Waals surface area contributed by atoms with Gasteiger partial charge in [0.05, 0.1) is 16.3 Å². The van der Waals surface area contributed by atoms with Gasteiger partial charge in [0, 0.05) is 23.6 Å². The number of benzene rings is 1.